The van der Waals surface area contributed by atoms with Gasteiger partial charge in [0.25, 0.3) is 0 Å². The molecule has 0 aromatic carbocycles. The van der Waals surface area contributed by atoms with E-state index in [-0.39, 0.29) is 6.10 Å². The first-order valence-electron chi connectivity index (χ1n) is 8.71. The number of aromatic nitrogens is 3. The van der Waals surface area contributed by atoms with Gasteiger partial charge < -0.3 is 9.47 Å². The highest BCUT2D eigenvalue weighted by Gasteiger charge is 2.28. The Kier molecular flexibility index (Phi) is 4.87. The number of rotatable bonds is 4. The molecule has 128 valence electrons. The van der Waals surface area contributed by atoms with Crippen LogP contribution in [0.15, 0.2) is 36.8 Å². The summed E-state index contributed by atoms with van der Waals surface area (Å²) in [5.74, 6) is 0. The van der Waals surface area contributed by atoms with Crippen LogP contribution in [0.1, 0.15) is 24.1 Å². The smallest absolute Gasteiger partial charge is 0.0902 e. The fourth-order valence-electron chi connectivity index (χ4n) is 3.57. The molecule has 6 nitrogen and oxygen atoms in total. The second-order valence-electron chi connectivity index (χ2n) is 6.57. The van der Waals surface area contributed by atoms with Gasteiger partial charge in [-0.15, -0.1) is 0 Å². The van der Waals surface area contributed by atoms with E-state index in [1.54, 1.807) is 0 Å². The second kappa shape index (κ2) is 7.42. The zero-order chi connectivity index (χ0) is 16.2. The van der Waals surface area contributed by atoms with E-state index in [1.165, 1.54) is 5.69 Å². The van der Waals surface area contributed by atoms with Gasteiger partial charge in [0.15, 0.2) is 0 Å². The summed E-state index contributed by atoms with van der Waals surface area (Å²) in [5.41, 5.74) is 2.43. The van der Waals surface area contributed by atoms with Crippen molar-refractivity contribution in [3.05, 3.63) is 48.0 Å². The van der Waals surface area contributed by atoms with Gasteiger partial charge in [0.05, 0.1) is 24.9 Å². The number of ether oxygens (including phenoxy) is 2. The minimum absolute atomic E-state index is 0.141. The van der Waals surface area contributed by atoms with E-state index >= 15 is 0 Å². The highest BCUT2D eigenvalue weighted by atomic mass is 16.5. The molecule has 1 fully saturated rings. The van der Waals surface area contributed by atoms with Gasteiger partial charge in [0.1, 0.15) is 0 Å². The van der Waals surface area contributed by atoms with E-state index in [0.29, 0.717) is 12.6 Å². The number of fused-ring (bicyclic) bond motifs is 1. The largest absolute Gasteiger partial charge is 0.381 e. The second-order valence-corrected chi connectivity index (χ2v) is 6.57. The van der Waals surface area contributed by atoms with Crippen molar-refractivity contribution in [3.8, 4) is 0 Å². The molecule has 0 spiro atoms. The third kappa shape index (κ3) is 3.66. The first-order chi connectivity index (χ1) is 11.9. The summed E-state index contributed by atoms with van der Waals surface area (Å²) in [6.07, 6.45) is 7.86. The lowest BCUT2D eigenvalue weighted by Gasteiger charge is -2.34. The first kappa shape index (κ1) is 15.7. The highest BCUT2D eigenvalue weighted by molar-refractivity contribution is 5.08. The Balaban J connectivity index is 1.46. The van der Waals surface area contributed by atoms with E-state index in [1.807, 2.05) is 30.7 Å². The lowest BCUT2D eigenvalue weighted by atomic mass is 10.1. The van der Waals surface area contributed by atoms with Gasteiger partial charge in [-0.1, -0.05) is 0 Å². The van der Waals surface area contributed by atoms with Crippen LogP contribution in [-0.2, 0) is 29.2 Å². The normalized spacial score (nSPS) is 22.9. The van der Waals surface area contributed by atoms with Gasteiger partial charge in [-0.05, 0) is 36.6 Å². The van der Waals surface area contributed by atoms with Gasteiger partial charge in [-0.25, -0.2) is 0 Å². The molecule has 0 N–H and O–H groups in total. The Morgan fingerprint density at radius 3 is 2.75 bits per heavy atom. The molecule has 4 heterocycles. The summed E-state index contributed by atoms with van der Waals surface area (Å²) in [6.45, 7) is 5.05. The molecule has 1 atom stereocenters. The van der Waals surface area contributed by atoms with Gasteiger partial charge in [0, 0.05) is 50.9 Å². The molecule has 0 amide bonds. The van der Waals surface area contributed by atoms with Crippen molar-refractivity contribution in [3.63, 3.8) is 0 Å². The monoisotopic (exact) mass is 328 g/mol. The summed E-state index contributed by atoms with van der Waals surface area (Å²) >= 11 is 0. The molecule has 0 saturated carbocycles. The molecule has 24 heavy (non-hydrogen) atoms. The predicted octanol–water partition coefficient (Wildman–Crippen LogP) is 1.86. The molecule has 0 radical (unpaired) electrons. The average molecular weight is 328 g/mol. The lowest BCUT2D eigenvalue weighted by Crippen LogP contribution is -2.42. The third-order valence-electron chi connectivity index (χ3n) is 4.93. The van der Waals surface area contributed by atoms with Crippen LogP contribution in [0.5, 0.6) is 0 Å². The Labute approximate surface area is 142 Å². The van der Waals surface area contributed by atoms with Crippen LogP contribution in [-0.4, -0.2) is 51.6 Å². The Morgan fingerprint density at radius 2 is 1.92 bits per heavy atom. The zero-order valence-electron chi connectivity index (χ0n) is 13.9. The number of hydrogen-bond acceptors (Lipinski definition) is 5. The fourth-order valence-corrected chi connectivity index (χ4v) is 3.57. The number of nitrogens with zero attached hydrogens (tertiary/aromatic N) is 4. The predicted molar refractivity (Wildman–Crippen MR) is 89.3 cm³/mol. The minimum Gasteiger partial charge on any atom is -0.381 e. The van der Waals surface area contributed by atoms with Crippen molar-refractivity contribution >= 4 is 0 Å². The third-order valence-corrected chi connectivity index (χ3v) is 4.93. The summed E-state index contributed by atoms with van der Waals surface area (Å²) in [4.78, 5) is 6.62. The van der Waals surface area contributed by atoms with Crippen LogP contribution in [0.3, 0.4) is 0 Å². The van der Waals surface area contributed by atoms with Crippen LogP contribution < -0.4 is 0 Å². The number of pyridine rings is 1. The SMILES string of the molecule is c1cc(CO[C@H]2CN(C3CCOCC3)Cc3ccnn3C2)ccn1. The van der Waals surface area contributed by atoms with E-state index in [4.69, 9.17) is 9.47 Å². The van der Waals surface area contributed by atoms with Gasteiger partial charge in [-0.2, -0.15) is 5.10 Å². The van der Waals surface area contributed by atoms with Gasteiger partial charge in [-0.3, -0.25) is 14.6 Å². The Morgan fingerprint density at radius 1 is 1.08 bits per heavy atom. The summed E-state index contributed by atoms with van der Waals surface area (Å²) < 4.78 is 13.9. The molecule has 0 unspecified atom stereocenters. The molecule has 2 aliphatic heterocycles. The van der Waals surface area contributed by atoms with Crippen LogP contribution in [0, 0.1) is 0 Å². The fraction of sp³-hybridized carbons (Fsp3) is 0.556. The van der Waals surface area contributed by atoms with Crippen LogP contribution >= 0.6 is 0 Å². The maximum Gasteiger partial charge on any atom is 0.0902 e. The molecule has 2 aromatic heterocycles. The molecular formula is C18H24N4O2. The van der Waals surface area contributed by atoms with Crippen LogP contribution in [0.2, 0.25) is 0 Å². The number of hydrogen-bond donors (Lipinski definition) is 0. The molecule has 1 saturated heterocycles. The van der Waals surface area contributed by atoms with Crippen molar-refractivity contribution in [2.45, 2.75) is 44.7 Å². The van der Waals surface area contributed by atoms with Crippen molar-refractivity contribution in [2.24, 2.45) is 0 Å². The topological polar surface area (TPSA) is 52.4 Å². The summed E-state index contributed by atoms with van der Waals surface area (Å²) in [6, 6.07) is 6.71. The quantitative estimate of drug-likeness (QED) is 0.857. The van der Waals surface area contributed by atoms with E-state index in [9.17, 15) is 0 Å². The first-order valence-corrected chi connectivity index (χ1v) is 8.71. The van der Waals surface area contributed by atoms with E-state index in [0.717, 1.165) is 51.3 Å². The van der Waals surface area contributed by atoms with Crippen molar-refractivity contribution in [2.75, 3.05) is 19.8 Å². The van der Waals surface area contributed by atoms with E-state index in [2.05, 4.69) is 25.7 Å². The van der Waals surface area contributed by atoms with Gasteiger partial charge in [0.2, 0.25) is 0 Å². The average Bonchev–Trinajstić information content (AvgIpc) is 2.99. The molecular weight excluding hydrogens is 304 g/mol. The summed E-state index contributed by atoms with van der Waals surface area (Å²) in [5, 5.41) is 4.48. The Bertz CT molecular complexity index is 639. The van der Waals surface area contributed by atoms with Crippen molar-refractivity contribution < 1.29 is 9.47 Å². The molecule has 6 heteroatoms. The molecule has 2 aliphatic rings. The van der Waals surface area contributed by atoms with Crippen LogP contribution in [0.4, 0.5) is 0 Å². The Hall–Kier alpha value is -1.76. The lowest BCUT2D eigenvalue weighted by molar-refractivity contribution is -0.0199. The maximum atomic E-state index is 6.23. The molecule has 0 aliphatic carbocycles. The van der Waals surface area contributed by atoms with Crippen LogP contribution in [0.25, 0.3) is 0 Å². The van der Waals surface area contributed by atoms with Crippen molar-refractivity contribution in [1.29, 1.82) is 0 Å². The minimum atomic E-state index is 0.141. The summed E-state index contributed by atoms with van der Waals surface area (Å²) in [7, 11) is 0. The highest BCUT2D eigenvalue weighted by Crippen LogP contribution is 2.22. The van der Waals surface area contributed by atoms with E-state index < -0.39 is 0 Å². The maximum absolute atomic E-state index is 6.23. The molecule has 0 bridgehead atoms. The zero-order valence-corrected chi connectivity index (χ0v) is 13.9. The molecule has 2 aromatic rings. The van der Waals surface area contributed by atoms with Gasteiger partial charge >= 0.3 is 0 Å². The molecule has 4 rings (SSSR count). The van der Waals surface area contributed by atoms with Crippen molar-refractivity contribution in [1.82, 2.24) is 19.7 Å². The standard InChI is InChI=1S/C18H24N4O2/c1-6-19-7-2-15(1)14-24-18-12-21(16-4-9-23-10-5-16)11-17-3-8-20-22(17)13-18/h1-3,6-8,16,18H,4-5,9-14H2/t18-/m0/s1.